The number of hydrogen-bond acceptors (Lipinski definition) is 9. The largest absolute Gasteiger partial charge is 0.439 e. The Bertz CT molecular complexity index is 1850. The summed E-state index contributed by atoms with van der Waals surface area (Å²) in [5, 5.41) is 3.53. The first kappa shape index (κ1) is 32.2. The van der Waals surface area contributed by atoms with E-state index >= 15 is 0 Å². The van der Waals surface area contributed by atoms with Gasteiger partial charge in [0.05, 0.1) is 24.9 Å². The number of carbonyl (C=O) groups is 1. The van der Waals surface area contributed by atoms with Crippen LogP contribution >= 0.6 is 11.6 Å². The second-order valence-electron chi connectivity index (χ2n) is 9.58. The number of halogens is 3. The molecule has 44 heavy (non-hydrogen) atoms. The van der Waals surface area contributed by atoms with Crippen molar-refractivity contribution >= 4 is 39.0 Å². The van der Waals surface area contributed by atoms with Crippen LogP contribution in [0.2, 0.25) is 5.02 Å². The lowest BCUT2D eigenvalue weighted by Crippen LogP contribution is -2.44. The van der Waals surface area contributed by atoms with Gasteiger partial charge in [-0.15, -0.1) is 0 Å². The average Bonchev–Trinajstić information content (AvgIpc) is 2.95. The lowest BCUT2D eigenvalue weighted by molar-refractivity contribution is -0.123. The molecule has 0 radical (unpaired) electrons. The Morgan fingerprint density at radius 2 is 1.66 bits per heavy atom. The number of pyridine rings is 1. The topological polar surface area (TPSA) is 151 Å². The van der Waals surface area contributed by atoms with Crippen LogP contribution in [0.25, 0.3) is 0 Å². The maximum Gasteiger partial charge on any atom is 0.387 e. The van der Waals surface area contributed by atoms with Gasteiger partial charge in [0.1, 0.15) is 17.3 Å². The van der Waals surface area contributed by atoms with Gasteiger partial charge in [-0.2, -0.15) is 8.78 Å². The minimum absolute atomic E-state index is 0.0284. The monoisotopic (exact) mass is 649 g/mol. The Balaban J connectivity index is 1.59. The normalized spacial score (nSPS) is 12.0. The number of rotatable bonds is 12. The molecule has 2 heterocycles. The molecule has 1 amide bonds. The molecular weight excluding hydrogens is 624 g/mol. The van der Waals surface area contributed by atoms with Crippen LogP contribution in [0.1, 0.15) is 12.5 Å². The smallest absolute Gasteiger partial charge is 0.387 e. The predicted octanol–water partition coefficient (Wildman–Crippen LogP) is 3.96. The van der Waals surface area contributed by atoms with Crippen LogP contribution in [0.5, 0.6) is 17.4 Å². The highest BCUT2D eigenvalue weighted by Gasteiger charge is 2.21. The minimum Gasteiger partial charge on any atom is -0.439 e. The number of amides is 1. The first-order valence-electron chi connectivity index (χ1n) is 12.8. The molecule has 2 aromatic carbocycles. The fourth-order valence-electron chi connectivity index (χ4n) is 3.93. The zero-order chi connectivity index (χ0) is 32.0. The number of benzene rings is 2. The lowest BCUT2D eigenvalue weighted by atomic mass is 10.1. The van der Waals surface area contributed by atoms with Gasteiger partial charge in [0, 0.05) is 29.4 Å². The SMILES string of the molecule is C[C@@H](Cn1c(=O)cc(Nc2ccc(Oc3ccc(OC(F)F)cn3)cc2)n(Cc2ccc(Cl)cc2)c1=O)C(=O)NS(C)(=O)=O. The number of sulfonamides is 1. The van der Waals surface area contributed by atoms with Crippen LogP contribution < -0.4 is 30.8 Å². The molecule has 4 aromatic rings. The van der Waals surface area contributed by atoms with E-state index < -0.39 is 39.7 Å². The fourth-order valence-corrected chi connectivity index (χ4v) is 4.62. The van der Waals surface area contributed by atoms with Gasteiger partial charge >= 0.3 is 12.3 Å². The summed E-state index contributed by atoms with van der Waals surface area (Å²) < 4.78 is 61.5. The molecule has 2 N–H and O–H groups in total. The highest BCUT2D eigenvalue weighted by molar-refractivity contribution is 7.89. The highest BCUT2D eigenvalue weighted by atomic mass is 35.5. The molecule has 0 fully saturated rings. The zero-order valence-corrected chi connectivity index (χ0v) is 24.8. The zero-order valence-electron chi connectivity index (χ0n) is 23.2. The van der Waals surface area contributed by atoms with E-state index in [0.29, 0.717) is 22.0 Å². The van der Waals surface area contributed by atoms with Crippen LogP contribution in [-0.2, 0) is 27.9 Å². The molecule has 12 nitrogen and oxygen atoms in total. The van der Waals surface area contributed by atoms with Crippen molar-refractivity contribution in [2.24, 2.45) is 5.92 Å². The molecule has 0 saturated heterocycles. The number of anilines is 2. The summed E-state index contributed by atoms with van der Waals surface area (Å²) in [6, 6.07) is 16.9. The summed E-state index contributed by atoms with van der Waals surface area (Å²) in [4.78, 5) is 42.9. The van der Waals surface area contributed by atoms with Crippen LogP contribution in [0.4, 0.5) is 20.3 Å². The van der Waals surface area contributed by atoms with Crippen molar-refractivity contribution in [3.05, 3.63) is 104 Å². The Labute approximate surface area is 254 Å². The van der Waals surface area contributed by atoms with E-state index in [1.807, 2.05) is 4.72 Å². The van der Waals surface area contributed by atoms with Crippen molar-refractivity contribution in [1.29, 1.82) is 0 Å². The molecule has 2 aromatic heterocycles. The molecule has 0 spiro atoms. The summed E-state index contributed by atoms with van der Waals surface area (Å²) in [6.45, 7) is -1.92. The number of aromatic nitrogens is 3. The summed E-state index contributed by atoms with van der Waals surface area (Å²) in [5.74, 6) is -1.37. The third kappa shape index (κ3) is 8.87. The minimum atomic E-state index is -3.83. The van der Waals surface area contributed by atoms with Crippen molar-refractivity contribution in [2.45, 2.75) is 26.6 Å². The molecule has 4 rings (SSSR count). The van der Waals surface area contributed by atoms with Crippen LogP contribution in [0, 0.1) is 5.92 Å². The van der Waals surface area contributed by atoms with Gasteiger partial charge in [0.25, 0.3) is 5.56 Å². The number of alkyl halides is 2. The molecule has 0 aliphatic heterocycles. The molecule has 0 aliphatic rings. The van der Waals surface area contributed by atoms with E-state index in [1.165, 1.54) is 29.7 Å². The third-order valence-electron chi connectivity index (χ3n) is 6.01. The molecule has 0 unspecified atom stereocenters. The number of nitrogens with one attached hydrogen (secondary N) is 2. The van der Waals surface area contributed by atoms with Gasteiger partial charge in [-0.1, -0.05) is 30.7 Å². The van der Waals surface area contributed by atoms with Crippen molar-refractivity contribution in [2.75, 3.05) is 11.6 Å². The van der Waals surface area contributed by atoms with E-state index in [-0.39, 0.29) is 30.5 Å². The summed E-state index contributed by atoms with van der Waals surface area (Å²) in [5.41, 5.74) is -0.282. The maximum atomic E-state index is 13.6. The molecule has 0 bridgehead atoms. The molecule has 1 atom stereocenters. The molecular formula is C28H26ClF2N5O7S. The van der Waals surface area contributed by atoms with Gasteiger partial charge in [-0.3, -0.25) is 23.4 Å². The highest BCUT2D eigenvalue weighted by Crippen LogP contribution is 2.25. The summed E-state index contributed by atoms with van der Waals surface area (Å²) >= 11 is 6.00. The van der Waals surface area contributed by atoms with E-state index in [9.17, 15) is 31.6 Å². The van der Waals surface area contributed by atoms with E-state index in [1.54, 1.807) is 48.5 Å². The molecule has 0 saturated carbocycles. The number of ether oxygens (including phenoxy) is 2. The van der Waals surface area contributed by atoms with Crippen molar-refractivity contribution < 1.29 is 31.5 Å². The number of carbonyl (C=O) groups excluding carboxylic acids is 1. The molecule has 232 valence electrons. The molecule has 16 heteroatoms. The predicted molar refractivity (Wildman–Crippen MR) is 158 cm³/mol. The number of nitrogens with zero attached hydrogens (tertiary/aromatic N) is 3. The Hall–Kier alpha value is -4.76. The Morgan fingerprint density at radius 3 is 2.25 bits per heavy atom. The summed E-state index contributed by atoms with van der Waals surface area (Å²) in [7, 11) is -3.83. The van der Waals surface area contributed by atoms with Crippen molar-refractivity contribution in [1.82, 2.24) is 18.8 Å². The van der Waals surface area contributed by atoms with Gasteiger partial charge in [0.15, 0.2) is 0 Å². The first-order chi connectivity index (χ1) is 20.8. The molecule has 0 aliphatic carbocycles. The van der Waals surface area contributed by atoms with E-state index in [2.05, 4.69) is 15.0 Å². The quantitative estimate of drug-likeness (QED) is 0.232. The van der Waals surface area contributed by atoms with Gasteiger partial charge in [-0.25, -0.2) is 18.2 Å². The Morgan fingerprint density at radius 1 is 1.00 bits per heavy atom. The summed E-state index contributed by atoms with van der Waals surface area (Å²) in [6.07, 6.45) is 1.92. The average molecular weight is 650 g/mol. The maximum absolute atomic E-state index is 13.6. The Kier molecular flexibility index (Phi) is 10.0. The van der Waals surface area contributed by atoms with Gasteiger partial charge in [0.2, 0.25) is 21.8 Å². The van der Waals surface area contributed by atoms with Gasteiger partial charge < -0.3 is 14.8 Å². The number of hydrogen-bond donors (Lipinski definition) is 2. The van der Waals surface area contributed by atoms with Crippen molar-refractivity contribution in [3.8, 4) is 17.4 Å². The lowest BCUT2D eigenvalue weighted by Gasteiger charge is -2.18. The van der Waals surface area contributed by atoms with Crippen molar-refractivity contribution in [3.63, 3.8) is 0 Å². The van der Waals surface area contributed by atoms with Crippen LogP contribution in [0.3, 0.4) is 0 Å². The van der Waals surface area contributed by atoms with E-state index in [0.717, 1.165) is 17.0 Å². The van der Waals surface area contributed by atoms with E-state index in [4.69, 9.17) is 16.3 Å². The van der Waals surface area contributed by atoms with Crippen LogP contribution in [0.15, 0.2) is 82.5 Å². The van der Waals surface area contributed by atoms with Crippen LogP contribution in [-0.4, -0.2) is 41.3 Å². The third-order valence-corrected chi connectivity index (χ3v) is 6.83. The van der Waals surface area contributed by atoms with Gasteiger partial charge in [-0.05, 0) is 48.0 Å². The second-order valence-corrected chi connectivity index (χ2v) is 11.8. The standard InChI is InChI=1S/C28H26ClF2N5O7S/c1-17(26(38)34-44(2,40)41)15-36-25(37)13-23(35(28(36)39)16-18-3-5-19(29)6-4-18)33-20-7-9-21(10-8-20)42-24-12-11-22(14-32-24)43-27(30)31/h3-14,17,27,33H,15-16H2,1-2H3,(H,34,38)/t17-/m0/s1. The second kappa shape index (κ2) is 13.7. The first-order valence-corrected chi connectivity index (χ1v) is 15.1. The fraction of sp³-hybridized carbons (Fsp3) is 0.214.